The van der Waals surface area contributed by atoms with Gasteiger partial charge in [0.2, 0.25) is 0 Å². The molecule has 55 heavy (non-hydrogen) atoms. The third-order valence-corrected chi connectivity index (χ3v) is 11.3. The van der Waals surface area contributed by atoms with Crippen LogP contribution < -0.4 is 0 Å². The van der Waals surface area contributed by atoms with Crippen molar-refractivity contribution in [3.8, 4) is 67.4 Å². The van der Waals surface area contributed by atoms with Crippen molar-refractivity contribution in [3.05, 3.63) is 194 Å². The smallest absolute Gasteiger partial charge is 0.160 e. The summed E-state index contributed by atoms with van der Waals surface area (Å²) < 4.78 is 0. The summed E-state index contributed by atoms with van der Waals surface area (Å²) in [5, 5.41) is 2.44. The van der Waals surface area contributed by atoms with Crippen LogP contribution in [0, 0.1) is 0 Å². The molecule has 1 aliphatic heterocycles. The molecule has 0 bridgehead atoms. The molecule has 0 radical (unpaired) electrons. The molecule has 0 atom stereocenters. The van der Waals surface area contributed by atoms with Crippen LogP contribution in [0.25, 0.3) is 90.3 Å². The fraction of sp³-hybridized carbons (Fsp3) is 0. The molecule has 9 aromatic rings. The summed E-state index contributed by atoms with van der Waals surface area (Å²) in [5.74, 6) is 0.663. The zero-order valence-corrected chi connectivity index (χ0v) is 30.5. The van der Waals surface area contributed by atoms with E-state index in [4.69, 9.17) is 15.0 Å². The highest BCUT2D eigenvalue weighted by molar-refractivity contribution is 7.99. The molecule has 0 aliphatic carbocycles. The van der Waals surface area contributed by atoms with Crippen molar-refractivity contribution in [2.75, 3.05) is 0 Å². The Hall–Kier alpha value is -6.95. The highest BCUT2D eigenvalue weighted by Crippen LogP contribution is 2.47. The number of hydrogen-bond donors (Lipinski definition) is 0. The molecular formula is C50H32N4S. The first-order chi connectivity index (χ1) is 27.2. The van der Waals surface area contributed by atoms with Gasteiger partial charge in [0.25, 0.3) is 0 Å². The minimum atomic E-state index is 0.663. The van der Waals surface area contributed by atoms with Crippen molar-refractivity contribution in [2.24, 2.45) is 0 Å². The van der Waals surface area contributed by atoms with Crippen LogP contribution in [0.5, 0.6) is 0 Å². The standard InChI is InChI=1S/C50H32N4S/c1-2-13-36(14-3-1)50-53-46(30-47(54-50)39-25-27-45(52-32-39)38-15-10-28-51-31-38)37-23-22-35-21-20-33-11-4-6-16-40(33)42-18-8-9-19-48(42)55-49-41-17-7-5-12-34(41)24-26-43(49)44(35)29-37/h1-32H/b21-20-. The zero-order valence-electron chi connectivity index (χ0n) is 29.7. The van der Waals surface area contributed by atoms with Crippen LogP contribution in [-0.2, 0) is 0 Å². The normalized spacial score (nSPS) is 12.4. The van der Waals surface area contributed by atoms with Crippen molar-refractivity contribution in [3.63, 3.8) is 0 Å². The Morgan fingerprint density at radius 2 is 1.13 bits per heavy atom. The van der Waals surface area contributed by atoms with Crippen LogP contribution in [0.1, 0.15) is 11.1 Å². The summed E-state index contributed by atoms with van der Waals surface area (Å²) in [6.07, 6.45) is 9.99. The summed E-state index contributed by atoms with van der Waals surface area (Å²) in [6, 6.07) is 57.7. The summed E-state index contributed by atoms with van der Waals surface area (Å²) in [4.78, 5) is 21.8. The molecule has 3 aromatic heterocycles. The van der Waals surface area contributed by atoms with E-state index in [1.807, 2.05) is 60.6 Å². The topological polar surface area (TPSA) is 51.6 Å². The van der Waals surface area contributed by atoms with Gasteiger partial charge < -0.3 is 0 Å². The number of rotatable bonds is 4. The van der Waals surface area contributed by atoms with Gasteiger partial charge in [0, 0.05) is 50.6 Å². The average Bonchev–Trinajstić information content (AvgIpc) is 3.28. The first kappa shape index (κ1) is 32.7. The molecule has 0 saturated carbocycles. The Morgan fingerprint density at radius 1 is 0.418 bits per heavy atom. The summed E-state index contributed by atoms with van der Waals surface area (Å²) in [7, 11) is 0. The van der Waals surface area contributed by atoms with E-state index in [9.17, 15) is 0 Å². The Balaban J connectivity index is 1.18. The average molecular weight is 721 g/mol. The van der Waals surface area contributed by atoms with Crippen molar-refractivity contribution in [1.29, 1.82) is 0 Å². The van der Waals surface area contributed by atoms with E-state index in [2.05, 4.69) is 145 Å². The lowest BCUT2D eigenvalue weighted by molar-refractivity contribution is 1.18. The lowest BCUT2D eigenvalue weighted by Gasteiger charge is -2.18. The van der Waals surface area contributed by atoms with E-state index in [0.717, 1.165) is 50.5 Å². The second-order valence-corrected chi connectivity index (χ2v) is 14.5. The molecule has 258 valence electrons. The summed E-state index contributed by atoms with van der Waals surface area (Å²) in [6.45, 7) is 0. The van der Waals surface area contributed by atoms with Gasteiger partial charge in [-0.05, 0) is 86.6 Å². The van der Waals surface area contributed by atoms with Crippen molar-refractivity contribution in [2.45, 2.75) is 9.79 Å². The number of pyridine rings is 2. The van der Waals surface area contributed by atoms with Crippen LogP contribution in [0.3, 0.4) is 0 Å². The minimum Gasteiger partial charge on any atom is -0.264 e. The molecule has 0 amide bonds. The summed E-state index contributed by atoms with van der Waals surface area (Å²) >= 11 is 1.84. The molecule has 0 spiro atoms. The maximum absolute atomic E-state index is 5.21. The van der Waals surface area contributed by atoms with Gasteiger partial charge in [0.1, 0.15) is 0 Å². The van der Waals surface area contributed by atoms with E-state index in [1.54, 1.807) is 6.20 Å². The van der Waals surface area contributed by atoms with Gasteiger partial charge in [-0.2, -0.15) is 0 Å². The van der Waals surface area contributed by atoms with E-state index >= 15 is 0 Å². The second-order valence-electron chi connectivity index (χ2n) is 13.5. The van der Waals surface area contributed by atoms with Crippen LogP contribution in [0.15, 0.2) is 192 Å². The molecule has 0 fully saturated rings. The van der Waals surface area contributed by atoms with Gasteiger partial charge in [0.15, 0.2) is 5.82 Å². The molecule has 4 nitrogen and oxygen atoms in total. The fourth-order valence-electron chi connectivity index (χ4n) is 7.30. The van der Waals surface area contributed by atoms with Crippen LogP contribution in [0.4, 0.5) is 0 Å². The summed E-state index contributed by atoms with van der Waals surface area (Å²) in [5.41, 5.74) is 13.4. The maximum Gasteiger partial charge on any atom is 0.160 e. The number of fused-ring (bicyclic) bond motifs is 8. The number of aromatic nitrogens is 4. The molecule has 0 unspecified atom stereocenters. The second kappa shape index (κ2) is 14.1. The third kappa shape index (κ3) is 6.31. The number of benzene rings is 6. The first-order valence-electron chi connectivity index (χ1n) is 18.3. The first-order valence-corrected chi connectivity index (χ1v) is 19.1. The Bertz CT molecular complexity index is 2890. The molecule has 0 saturated heterocycles. The number of nitrogens with zero attached hydrogens (tertiary/aromatic N) is 4. The van der Waals surface area contributed by atoms with Crippen LogP contribution >= 0.6 is 11.8 Å². The van der Waals surface area contributed by atoms with Crippen molar-refractivity contribution in [1.82, 2.24) is 19.9 Å². The molecule has 10 rings (SSSR count). The van der Waals surface area contributed by atoms with Crippen LogP contribution in [-0.4, -0.2) is 19.9 Å². The molecule has 6 aromatic carbocycles. The predicted molar refractivity (Wildman–Crippen MR) is 227 cm³/mol. The Kier molecular flexibility index (Phi) is 8.39. The van der Waals surface area contributed by atoms with Crippen molar-refractivity contribution < 1.29 is 0 Å². The quantitative estimate of drug-likeness (QED) is 0.181. The molecular weight excluding hydrogens is 689 g/mol. The lowest BCUT2D eigenvalue weighted by atomic mass is 9.93. The predicted octanol–water partition coefficient (Wildman–Crippen LogP) is 13.1. The fourth-order valence-corrected chi connectivity index (χ4v) is 8.54. The Labute approximate surface area is 324 Å². The van der Waals surface area contributed by atoms with Crippen molar-refractivity contribution >= 4 is 34.7 Å². The Morgan fingerprint density at radius 3 is 1.96 bits per heavy atom. The molecule has 5 heteroatoms. The molecule has 1 aliphatic rings. The van der Waals surface area contributed by atoms with E-state index in [0.29, 0.717) is 5.82 Å². The van der Waals surface area contributed by atoms with E-state index in [-0.39, 0.29) is 0 Å². The van der Waals surface area contributed by atoms with Gasteiger partial charge in [-0.3, -0.25) is 9.97 Å². The maximum atomic E-state index is 5.21. The van der Waals surface area contributed by atoms with Gasteiger partial charge in [-0.1, -0.05) is 145 Å². The zero-order chi connectivity index (χ0) is 36.6. The SMILES string of the molecule is C1=C\c2ccc(-c3cc(-c4ccc(-c5cccnc5)nc4)nc(-c4ccccc4)n3)cc2-c2ccc3ccccc3c2Sc2ccccc2-c2ccccc2/1. The highest BCUT2D eigenvalue weighted by atomic mass is 32.2. The van der Waals surface area contributed by atoms with Gasteiger partial charge in [0.05, 0.1) is 17.1 Å². The molecule has 4 heterocycles. The third-order valence-electron chi connectivity index (χ3n) is 10.1. The minimum absolute atomic E-state index is 0.663. The number of hydrogen-bond acceptors (Lipinski definition) is 5. The van der Waals surface area contributed by atoms with Gasteiger partial charge in [-0.15, -0.1) is 0 Å². The van der Waals surface area contributed by atoms with E-state index in [1.165, 1.54) is 42.8 Å². The monoisotopic (exact) mass is 720 g/mol. The van der Waals surface area contributed by atoms with Gasteiger partial charge in [-0.25, -0.2) is 9.97 Å². The van der Waals surface area contributed by atoms with Crippen LogP contribution in [0.2, 0.25) is 0 Å². The van der Waals surface area contributed by atoms with E-state index < -0.39 is 0 Å². The lowest BCUT2D eigenvalue weighted by Crippen LogP contribution is -1.97. The highest BCUT2D eigenvalue weighted by Gasteiger charge is 2.19. The molecule has 0 N–H and O–H groups in total. The largest absolute Gasteiger partial charge is 0.264 e. The van der Waals surface area contributed by atoms with Gasteiger partial charge >= 0.3 is 0 Å².